The van der Waals surface area contributed by atoms with Gasteiger partial charge >= 0.3 is 5.69 Å². The number of aliphatic hydroxyl groups is 1. The molecule has 3 aromatic rings. The van der Waals surface area contributed by atoms with Crippen molar-refractivity contribution >= 4 is 27.2 Å². The van der Waals surface area contributed by atoms with Gasteiger partial charge in [0.05, 0.1) is 36.0 Å². The third-order valence-corrected chi connectivity index (χ3v) is 3.96. The van der Waals surface area contributed by atoms with Crippen LogP contribution in [0.15, 0.2) is 35.0 Å². The highest BCUT2D eigenvalue weighted by Crippen LogP contribution is 2.13. The first-order valence-corrected chi connectivity index (χ1v) is 7.20. The number of hydrogen-bond acceptors (Lipinski definition) is 7. The maximum Gasteiger partial charge on any atom is 0.306 e. The van der Waals surface area contributed by atoms with Crippen LogP contribution in [0.3, 0.4) is 0 Å². The van der Waals surface area contributed by atoms with Gasteiger partial charge < -0.3 is 5.11 Å². The maximum atomic E-state index is 12.2. The minimum atomic E-state index is -0.920. The molecule has 3 aromatic heterocycles. The summed E-state index contributed by atoms with van der Waals surface area (Å²) in [5, 5.41) is 26.2. The quantitative estimate of drug-likeness (QED) is 0.544. The molecule has 0 saturated carbocycles. The molecule has 0 amide bonds. The molecule has 0 bridgehead atoms. The average molecular weight is 321 g/mol. The Balaban J connectivity index is 1.74. The van der Waals surface area contributed by atoms with Crippen LogP contribution in [0.2, 0.25) is 0 Å². The van der Waals surface area contributed by atoms with Gasteiger partial charge in [-0.25, -0.2) is 4.98 Å². The van der Waals surface area contributed by atoms with Crippen LogP contribution in [-0.2, 0) is 13.1 Å². The molecule has 0 spiro atoms. The summed E-state index contributed by atoms with van der Waals surface area (Å²) in [6.07, 6.45) is 2.80. The fraction of sp³-hybridized carbons (Fsp3) is 0.250. The normalized spacial score (nSPS) is 12.6. The van der Waals surface area contributed by atoms with Crippen LogP contribution in [0.1, 0.15) is 0 Å². The molecule has 1 N–H and O–H groups in total. The van der Waals surface area contributed by atoms with Crippen LogP contribution in [0.25, 0.3) is 10.2 Å². The molecule has 0 saturated heterocycles. The van der Waals surface area contributed by atoms with Crippen molar-refractivity contribution in [3.05, 3.63) is 50.6 Å². The number of thiophene rings is 1. The first kappa shape index (κ1) is 14.4. The molecular formula is C12H11N5O4S. The highest BCUT2D eigenvalue weighted by Gasteiger charge is 2.14. The van der Waals surface area contributed by atoms with Crippen molar-refractivity contribution in [2.45, 2.75) is 19.2 Å². The lowest BCUT2D eigenvalue weighted by molar-refractivity contribution is -0.385. The van der Waals surface area contributed by atoms with Gasteiger partial charge in [-0.05, 0) is 11.4 Å². The van der Waals surface area contributed by atoms with E-state index in [4.69, 9.17) is 0 Å². The second kappa shape index (κ2) is 5.66. The van der Waals surface area contributed by atoms with Crippen molar-refractivity contribution in [3.8, 4) is 0 Å². The van der Waals surface area contributed by atoms with Gasteiger partial charge in [-0.1, -0.05) is 0 Å². The molecule has 0 aliphatic heterocycles. The molecule has 1 atom stereocenters. The van der Waals surface area contributed by atoms with Gasteiger partial charge in [0.2, 0.25) is 0 Å². The second-order valence-corrected chi connectivity index (χ2v) is 5.58. The van der Waals surface area contributed by atoms with Gasteiger partial charge in [0.1, 0.15) is 17.1 Å². The third-order valence-electron chi connectivity index (χ3n) is 3.07. The first-order valence-electron chi connectivity index (χ1n) is 6.32. The largest absolute Gasteiger partial charge is 0.389 e. The van der Waals surface area contributed by atoms with E-state index in [1.807, 2.05) is 0 Å². The number of aromatic nitrogens is 4. The molecule has 10 heteroatoms. The molecule has 3 rings (SSSR count). The van der Waals surface area contributed by atoms with Crippen LogP contribution in [0.4, 0.5) is 5.69 Å². The summed E-state index contributed by atoms with van der Waals surface area (Å²) in [7, 11) is 0. The van der Waals surface area contributed by atoms with E-state index >= 15 is 0 Å². The molecule has 0 fully saturated rings. The van der Waals surface area contributed by atoms with Crippen LogP contribution in [0, 0.1) is 10.1 Å². The Kier molecular flexibility index (Phi) is 3.69. The summed E-state index contributed by atoms with van der Waals surface area (Å²) in [5.74, 6) is 0. The highest BCUT2D eigenvalue weighted by molar-refractivity contribution is 7.17. The van der Waals surface area contributed by atoms with Crippen molar-refractivity contribution in [3.63, 3.8) is 0 Å². The Labute approximate surface area is 127 Å². The fourth-order valence-corrected chi connectivity index (χ4v) is 2.85. The Morgan fingerprint density at radius 1 is 1.45 bits per heavy atom. The van der Waals surface area contributed by atoms with Gasteiger partial charge in [-0.3, -0.25) is 24.2 Å². The zero-order chi connectivity index (χ0) is 15.7. The smallest absolute Gasteiger partial charge is 0.306 e. The van der Waals surface area contributed by atoms with Crippen LogP contribution in [0.5, 0.6) is 0 Å². The summed E-state index contributed by atoms with van der Waals surface area (Å²) >= 11 is 1.30. The summed E-state index contributed by atoms with van der Waals surface area (Å²) in [6, 6.07) is 1.76. The maximum absolute atomic E-state index is 12.2. The van der Waals surface area contributed by atoms with Crippen molar-refractivity contribution in [1.82, 2.24) is 19.3 Å². The zero-order valence-electron chi connectivity index (χ0n) is 11.2. The Hall–Kier alpha value is -2.59. The minimum Gasteiger partial charge on any atom is -0.389 e. The minimum absolute atomic E-state index is 0.0351. The third kappa shape index (κ3) is 2.73. The number of nitrogens with zero attached hydrogens (tertiary/aromatic N) is 5. The fourth-order valence-electron chi connectivity index (χ4n) is 2.06. The molecule has 3 heterocycles. The number of nitro groups is 1. The van der Waals surface area contributed by atoms with E-state index in [0.717, 1.165) is 6.20 Å². The summed E-state index contributed by atoms with van der Waals surface area (Å²) < 4.78 is 3.12. The van der Waals surface area contributed by atoms with E-state index in [-0.39, 0.29) is 24.3 Å². The Morgan fingerprint density at radius 2 is 2.27 bits per heavy atom. The second-order valence-electron chi connectivity index (χ2n) is 4.67. The van der Waals surface area contributed by atoms with Crippen molar-refractivity contribution in [2.24, 2.45) is 0 Å². The van der Waals surface area contributed by atoms with Gasteiger partial charge in [-0.15, -0.1) is 11.3 Å². The monoisotopic (exact) mass is 321 g/mol. The number of hydrogen-bond donors (Lipinski definition) is 1. The molecule has 1 unspecified atom stereocenters. The standard InChI is InChI=1S/C12H11N5O4S/c18-9(6-16-4-8(3-14-16)17(20)21)5-15-7-13-10-1-2-22-11(10)12(15)19/h1-4,7,9,18H,5-6H2. The number of fused-ring (bicyclic) bond motifs is 1. The van der Waals surface area contributed by atoms with Crippen LogP contribution < -0.4 is 5.56 Å². The van der Waals surface area contributed by atoms with Crippen LogP contribution >= 0.6 is 11.3 Å². The van der Waals surface area contributed by atoms with E-state index in [0.29, 0.717) is 10.2 Å². The van der Waals surface area contributed by atoms with Crippen molar-refractivity contribution < 1.29 is 10.0 Å². The lowest BCUT2D eigenvalue weighted by Gasteiger charge is -2.12. The van der Waals surface area contributed by atoms with Crippen molar-refractivity contribution in [1.29, 1.82) is 0 Å². The number of aliphatic hydroxyl groups excluding tert-OH is 1. The Bertz CT molecular complexity index is 883. The van der Waals surface area contributed by atoms with E-state index in [1.165, 1.54) is 33.1 Å². The Morgan fingerprint density at radius 3 is 3.00 bits per heavy atom. The van der Waals surface area contributed by atoms with E-state index in [1.54, 1.807) is 11.4 Å². The van der Waals surface area contributed by atoms with Gasteiger partial charge in [0, 0.05) is 0 Å². The molecule has 0 aromatic carbocycles. The number of rotatable bonds is 5. The molecule has 0 aliphatic rings. The van der Waals surface area contributed by atoms with Gasteiger partial charge in [0.15, 0.2) is 0 Å². The lowest BCUT2D eigenvalue weighted by Crippen LogP contribution is -2.29. The van der Waals surface area contributed by atoms with Crippen molar-refractivity contribution in [2.75, 3.05) is 0 Å². The molecule has 0 radical (unpaired) electrons. The topological polar surface area (TPSA) is 116 Å². The molecule has 9 nitrogen and oxygen atoms in total. The summed E-state index contributed by atoms with van der Waals surface area (Å²) in [4.78, 5) is 26.3. The zero-order valence-corrected chi connectivity index (χ0v) is 12.0. The van der Waals surface area contributed by atoms with E-state index in [2.05, 4.69) is 10.1 Å². The van der Waals surface area contributed by atoms with E-state index < -0.39 is 11.0 Å². The summed E-state index contributed by atoms with van der Waals surface area (Å²) in [6.45, 7) is 0.0795. The average Bonchev–Trinajstić information content (AvgIpc) is 3.11. The highest BCUT2D eigenvalue weighted by atomic mass is 32.1. The lowest BCUT2D eigenvalue weighted by atomic mass is 10.3. The molecule has 22 heavy (non-hydrogen) atoms. The van der Waals surface area contributed by atoms with Crippen LogP contribution in [-0.4, -0.2) is 35.5 Å². The van der Waals surface area contributed by atoms with E-state index in [9.17, 15) is 20.0 Å². The van der Waals surface area contributed by atoms with Gasteiger partial charge in [-0.2, -0.15) is 5.10 Å². The predicted molar refractivity (Wildman–Crippen MR) is 78.8 cm³/mol. The summed E-state index contributed by atoms with van der Waals surface area (Å²) in [5.41, 5.74) is 0.264. The SMILES string of the molecule is O=c1c2sccc2ncn1CC(O)Cn1cc([N+](=O)[O-])cn1. The first-order chi connectivity index (χ1) is 10.5. The molecule has 114 valence electrons. The van der Waals surface area contributed by atoms with Gasteiger partial charge in [0.25, 0.3) is 5.56 Å². The molecular weight excluding hydrogens is 310 g/mol. The molecule has 0 aliphatic carbocycles. The predicted octanol–water partition coefficient (Wildman–Crippen LogP) is 0.624.